The summed E-state index contributed by atoms with van der Waals surface area (Å²) in [4.78, 5) is 18.8. The number of hydrogen-bond donors (Lipinski definition) is 4. The molecule has 9 heteroatoms. The number of ether oxygens (including phenoxy) is 2. The van der Waals surface area contributed by atoms with Crippen LogP contribution in [0, 0.1) is 5.92 Å². The Kier molecular flexibility index (Phi) is 5.42. The molecule has 3 aliphatic heterocycles. The Morgan fingerprint density at radius 3 is 2.87 bits per heavy atom. The molecule has 1 aromatic heterocycles. The van der Waals surface area contributed by atoms with Gasteiger partial charge in [-0.05, 0) is 56.1 Å². The molecule has 5 rings (SSSR count). The van der Waals surface area contributed by atoms with Gasteiger partial charge in [0, 0.05) is 19.3 Å². The van der Waals surface area contributed by atoms with Gasteiger partial charge in [0.05, 0.1) is 11.3 Å². The number of benzene rings is 1. The van der Waals surface area contributed by atoms with Crippen molar-refractivity contribution in [2.75, 3.05) is 55.8 Å². The number of hydrogen-bond acceptors (Lipinski definition) is 8. The van der Waals surface area contributed by atoms with Crippen LogP contribution in [0.15, 0.2) is 30.5 Å². The molecule has 1 unspecified atom stereocenters. The third-order valence-electron chi connectivity index (χ3n) is 6.14. The Morgan fingerprint density at radius 2 is 2.03 bits per heavy atom. The first-order chi connectivity index (χ1) is 15.2. The number of carbonyl (C=O) groups excluding carboxylic acids is 1. The van der Waals surface area contributed by atoms with Gasteiger partial charge >= 0.3 is 0 Å². The number of nitrogens with one attached hydrogen (secondary N) is 3. The molecule has 5 N–H and O–H groups in total. The number of rotatable bonds is 5. The number of anilines is 3. The van der Waals surface area contributed by atoms with Crippen molar-refractivity contribution < 1.29 is 14.3 Å². The van der Waals surface area contributed by atoms with Crippen LogP contribution >= 0.6 is 0 Å². The maximum Gasteiger partial charge on any atom is 0.255 e. The number of aromatic nitrogens is 1. The molecule has 3 aliphatic rings. The van der Waals surface area contributed by atoms with Crippen LogP contribution in [0.2, 0.25) is 0 Å². The number of nitrogen functional groups attached to an aromatic ring is 1. The highest BCUT2D eigenvalue weighted by atomic mass is 16.6. The third-order valence-corrected chi connectivity index (χ3v) is 6.14. The lowest BCUT2D eigenvalue weighted by atomic mass is 9.96. The lowest BCUT2D eigenvalue weighted by Gasteiger charge is -2.33. The molecule has 0 saturated carbocycles. The van der Waals surface area contributed by atoms with Crippen LogP contribution in [0.1, 0.15) is 23.2 Å². The number of nitrogens with two attached hydrogens (primary N) is 1. The number of likely N-dealkylation sites (tertiary alicyclic amines) is 1. The maximum atomic E-state index is 12.3. The lowest BCUT2D eigenvalue weighted by molar-refractivity contribution is 0.0936. The van der Waals surface area contributed by atoms with E-state index >= 15 is 0 Å². The Morgan fingerprint density at radius 1 is 1.19 bits per heavy atom. The summed E-state index contributed by atoms with van der Waals surface area (Å²) < 4.78 is 11.5. The summed E-state index contributed by atoms with van der Waals surface area (Å²) in [7, 11) is 0. The second-order valence-corrected chi connectivity index (χ2v) is 8.24. The predicted octanol–water partition coefficient (Wildman–Crippen LogP) is 1.74. The van der Waals surface area contributed by atoms with Crippen LogP contribution in [0.5, 0.6) is 11.5 Å². The molecule has 31 heavy (non-hydrogen) atoms. The van der Waals surface area contributed by atoms with Gasteiger partial charge < -0.3 is 31.2 Å². The fraction of sp³-hybridized carbons (Fsp3) is 0.455. The molecule has 4 heterocycles. The van der Waals surface area contributed by atoms with E-state index in [0.29, 0.717) is 31.2 Å². The zero-order valence-electron chi connectivity index (χ0n) is 17.4. The topological polar surface area (TPSA) is 114 Å². The molecule has 164 valence electrons. The first-order valence-electron chi connectivity index (χ1n) is 10.8. The van der Waals surface area contributed by atoms with E-state index < -0.39 is 0 Å². The molecule has 1 fully saturated rings. The fourth-order valence-electron chi connectivity index (χ4n) is 4.44. The number of fused-ring (bicyclic) bond motifs is 3. The van der Waals surface area contributed by atoms with Gasteiger partial charge in [0.1, 0.15) is 30.9 Å². The molecule has 1 aromatic carbocycles. The molecule has 1 atom stereocenters. The second kappa shape index (κ2) is 8.50. The number of nitrogens with zero attached hydrogens (tertiary/aromatic N) is 2. The highest BCUT2D eigenvalue weighted by Crippen LogP contribution is 2.45. The zero-order chi connectivity index (χ0) is 21.2. The van der Waals surface area contributed by atoms with Gasteiger partial charge in [-0.3, -0.25) is 9.69 Å². The van der Waals surface area contributed by atoms with Crippen molar-refractivity contribution in [3.63, 3.8) is 0 Å². The van der Waals surface area contributed by atoms with Gasteiger partial charge in [-0.1, -0.05) is 0 Å². The molecule has 0 radical (unpaired) electrons. The summed E-state index contributed by atoms with van der Waals surface area (Å²) in [6, 6.07) is 7.43. The van der Waals surface area contributed by atoms with Crippen LogP contribution in [0.4, 0.5) is 17.2 Å². The minimum absolute atomic E-state index is 0.136. The van der Waals surface area contributed by atoms with E-state index in [1.165, 1.54) is 0 Å². The van der Waals surface area contributed by atoms with Crippen LogP contribution in [-0.2, 0) is 0 Å². The SMILES string of the molecule is Nc1ncccc1C(=O)NCC1CCN(CC2Nc3ccc4c(c3N2)OCCO4)CC1. The van der Waals surface area contributed by atoms with Crippen LogP contribution in [0.25, 0.3) is 0 Å². The highest BCUT2D eigenvalue weighted by molar-refractivity contribution is 5.98. The van der Waals surface area contributed by atoms with Gasteiger partial charge in [-0.2, -0.15) is 0 Å². The van der Waals surface area contributed by atoms with Crippen molar-refractivity contribution >= 4 is 23.1 Å². The highest BCUT2D eigenvalue weighted by Gasteiger charge is 2.29. The van der Waals surface area contributed by atoms with Crippen molar-refractivity contribution in [3.8, 4) is 11.5 Å². The maximum absolute atomic E-state index is 12.3. The Bertz CT molecular complexity index is 960. The van der Waals surface area contributed by atoms with E-state index in [9.17, 15) is 4.79 Å². The van der Waals surface area contributed by atoms with Gasteiger partial charge in [0.2, 0.25) is 0 Å². The van der Waals surface area contributed by atoms with Crippen molar-refractivity contribution in [3.05, 3.63) is 36.0 Å². The summed E-state index contributed by atoms with van der Waals surface area (Å²) in [5.41, 5.74) is 8.28. The summed E-state index contributed by atoms with van der Waals surface area (Å²) >= 11 is 0. The average molecular weight is 425 g/mol. The molecule has 2 aromatic rings. The molecule has 1 saturated heterocycles. The molecular weight excluding hydrogens is 396 g/mol. The Hall–Kier alpha value is -3.20. The monoisotopic (exact) mass is 424 g/mol. The minimum atomic E-state index is -0.153. The Labute approximate surface area is 181 Å². The number of pyridine rings is 1. The van der Waals surface area contributed by atoms with E-state index in [1.54, 1.807) is 18.3 Å². The summed E-state index contributed by atoms with van der Waals surface area (Å²) in [6.07, 6.45) is 3.82. The van der Waals surface area contributed by atoms with Crippen LogP contribution in [-0.4, -0.2) is 61.3 Å². The fourth-order valence-corrected chi connectivity index (χ4v) is 4.44. The quantitative estimate of drug-likeness (QED) is 0.574. The van der Waals surface area contributed by atoms with Crippen molar-refractivity contribution in [1.29, 1.82) is 0 Å². The third kappa shape index (κ3) is 4.18. The van der Waals surface area contributed by atoms with Crippen LogP contribution in [0.3, 0.4) is 0 Å². The first kappa shape index (κ1) is 19.7. The summed E-state index contributed by atoms with van der Waals surface area (Å²) in [5.74, 6) is 2.20. The van der Waals surface area contributed by atoms with E-state index in [2.05, 4.69) is 25.8 Å². The van der Waals surface area contributed by atoms with E-state index in [-0.39, 0.29) is 17.9 Å². The van der Waals surface area contributed by atoms with Gasteiger partial charge in [0.15, 0.2) is 11.5 Å². The number of piperidine rings is 1. The number of amides is 1. The van der Waals surface area contributed by atoms with Crippen molar-refractivity contribution in [2.45, 2.75) is 19.0 Å². The lowest BCUT2D eigenvalue weighted by Crippen LogP contribution is -2.44. The summed E-state index contributed by atoms with van der Waals surface area (Å²) in [5, 5.41) is 10.1. The Balaban J connectivity index is 1.08. The zero-order valence-corrected chi connectivity index (χ0v) is 17.4. The van der Waals surface area contributed by atoms with E-state index in [1.807, 2.05) is 12.1 Å². The molecule has 0 aliphatic carbocycles. The molecule has 0 spiro atoms. The van der Waals surface area contributed by atoms with Crippen LogP contribution < -0.4 is 31.2 Å². The first-order valence-corrected chi connectivity index (χ1v) is 10.8. The number of carbonyl (C=O) groups is 1. The molecular formula is C22H28N6O3. The van der Waals surface area contributed by atoms with Crippen molar-refractivity contribution in [2.24, 2.45) is 5.92 Å². The standard InChI is InChI=1S/C22H28N6O3/c23-21-15(2-1-7-24-21)22(29)25-12-14-5-8-28(9-6-14)13-18-26-16-3-4-17-20(19(16)27-18)31-11-10-30-17/h1-4,7,14,18,26-27H,5-6,8-13H2,(H2,23,24)(H,25,29). The molecule has 9 nitrogen and oxygen atoms in total. The normalized spacial score (nSPS) is 20.5. The minimum Gasteiger partial charge on any atom is -0.486 e. The van der Waals surface area contributed by atoms with Crippen molar-refractivity contribution in [1.82, 2.24) is 15.2 Å². The van der Waals surface area contributed by atoms with E-state index in [4.69, 9.17) is 15.2 Å². The molecule has 1 amide bonds. The predicted molar refractivity (Wildman–Crippen MR) is 119 cm³/mol. The average Bonchev–Trinajstić information content (AvgIpc) is 3.22. The van der Waals surface area contributed by atoms with Gasteiger partial charge in [0.25, 0.3) is 5.91 Å². The largest absolute Gasteiger partial charge is 0.486 e. The van der Waals surface area contributed by atoms with E-state index in [0.717, 1.165) is 55.3 Å². The van der Waals surface area contributed by atoms with Gasteiger partial charge in [-0.25, -0.2) is 4.98 Å². The van der Waals surface area contributed by atoms with Gasteiger partial charge in [-0.15, -0.1) is 0 Å². The summed E-state index contributed by atoms with van der Waals surface area (Å²) in [6.45, 7) is 4.74. The smallest absolute Gasteiger partial charge is 0.255 e. The molecule has 0 bridgehead atoms. The second-order valence-electron chi connectivity index (χ2n) is 8.24.